The smallest absolute Gasteiger partial charge is 0.00205 e. The maximum atomic E-state index is 5.99. The van der Waals surface area contributed by atoms with E-state index in [1.165, 1.54) is 44.1 Å². The molecule has 0 heterocycles. The van der Waals surface area contributed by atoms with Crippen LogP contribution in [0.4, 0.5) is 0 Å². The van der Waals surface area contributed by atoms with E-state index in [2.05, 4.69) is 31.2 Å². The number of hydrogen-bond acceptors (Lipinski definition) is 1. The molecule has 0 aliphatic heterocycles. The molecule has 3 aliphatic rings. The number of benzene rings is 1. The molecule has 4 rings (SSSR count). The van der Waals surface area contributed by atoms with Gasteiger partial charge in [0, 0.05) is 0 Å². The normalized spacial score (nSPS) is 36.1. The van der Waals surface area contributed by atoms with Crippen LogP contribution in [0, 0.1) is 12.3 Å². The third-order valence-corrected chi connectivity index (χ3v) is 5.55. The van der Waals surface area contributed by atoms with E-state index in [1.54, 1.807) is 5.56 Å². The zero-order valence-corrected chi connectivity index (χ0v) is 10.8. The number of hydrogen-bond donors (Lipinski definition) is 1. The Labute approximate surface area is 104 Å². The van der Waals surface area contributed by atoms with Gasteiger partial charge in [-0.15, -0.1) is 0 Å². The Morgan fingerprint density at radius 1 is 1.00 bits per heavy atom. The molecule has 3 aliphatic carbocycles. The van der Waals surface area contributed by atoms with Crippen LogP contribution in [0.15, 0.2) is 24.3 Å². The molecule has 0 aromatic heterocycles. The molecule has 0 saturated heterocycles. The van der Waals surface area contributed by atoms with Crippen LogP contribution >= 0.6 is 0 Å². The fraction of sp³-hybridized carbons (Fsp3) is 0.625. The highest BCUT2D eigenvalue weighted by atomic mass is 14.6. The van der Waals surface area contributed by atoms with Gasteiger partial charge in [-0.1, -0.05) is 24.3 Å². The molecule has 1 heteroatoms. The summed E-state index contributed by atoms with van der Waals surface area (Å²) in [6, 6.07) is 8.99. The highest BCUT2D eigenvalue weighted by Crippen LogP contribution is 2.57. The van der Waals surface area contributed by atoms with Crippen molar-refractivity contribution in [2.45, 2.75) is 50.9 Å². The van der Waals surface area contributed by atoms with Crippen molar-refractivity contribution in [1.29, 1.82) is 0 Å². The molecule has 0 unspecified atom stereocenters. The Morgan fingerprint density at radius 3 is 2.12 bits per heavy atom. The summed E-state index contributed by atoms with van der Waals surface area (Å²) in [6.45, 7) is 3.17. The van der Waals surface area contributed by atoms with Crippen molar-refractivity contribution >= 4 is 0 Å². The van der Waals surface area contributed by atoms with Gasteiger partial charge in [0.05, 0.1) is 0 Å². The molecule has 3 fully saturated rings. The molecule has 1 aromatic rings. The van der Waals surface area contributed by atoms with Crippen LogP contribution in [0.1, 0.15) is 49.7 Å². The first kappa shape index (κ1) is 11.3. The van der Waals surface area contributed by atoms with E-state index in [1.807, 2.05) is 0 Å². The van der Waals surface area contributed by atoms with Gasteiger partial charge in [-0.3, -0.25) is 0 Å². The standard InChI is InChI=1S/C16H23N/c1-13-4-2-3-5-14(13)16-9-6-15(12-17,7-10-16)8-11-16/h2-5H,6-12,17H2,1H3. The lowest BCUT2D eigenvalue weighted by molar-refractivity contribution is 0.0468. The minimum Gasteiger partial charge on any atom is -0.330 e. The average molecular weight is 229 g/mol. The average Bonchev–Trinajstić information content (AvgIpc) is 2.41. The van der Waals surface area contributed by atoms with Gasteiger partial charge in [0.1, 0.15) is 0 Å². The molecule has 0 radical (unpaired) electrons. The quantitative estimate of drug-likeness (QED) is 0.824. The van der Waals surface area contributed by atoms with Gasteiger partial charge in [0.25, 0.3) is 0 Å². The maximum Gasteiger partial charge on any atom is -0.00205 e. The minimum atomic E-state index is 0.488. The Morgan fingerprint density at radius 2 is 1.59 bits per heavy atom. The number of fused-ring (bicyclic) bond motifs is 3. The summed E-state index contributed by atoms with van der Waals surface area (Å²) in [5, 5.41) is 0. The fourth-order valence-corrected chi connectivity index (χ4v) is 4.14. The van der Waals surface area contributed by atoms with Crippen molar-refractivity contribution in [3.63, 3.8) is 0 Å². The van der Waals surface area contributed by atoms with Gasteiger partial charge >= 0.3 is 0 Å². The van der Waals surface area contributed by atoms with Gasteiger partial charge in [-0.05, 0) is 74.0 Å². The topological polar surface area (TPSA) is 26.0 Å². The van der Waals surface area contributed by atoms with Crippen molar-refractivity contribution in [2.75, 3.05) is 6.54 Å². The molecule has 3 saturated carbocycles. The first-order valence-corrected chi connectivity index (χ1v) is 6.96. The summed E-state index contributed by atoms with van der Waals surface area (Å²) in [4.78, 5) is 0. The van der Waals surface area contributed by atoms with E-state index in [0.717, 1.165) is 6.54 Å². The predicted octanol–water partition coefficient (Wildman–Crippen LogP) is 3.55. The third kappa shape index (κ3) is 1.63. The number of rotatable bonds is 2. The molecule has 2 N–H and O–H groups in total. The van der Waals surface area contributed by atoms with E-state index in [-0.39, 0.29) is 0 Å². The summed E-state index contributed by atoms with van der Waals surface area (Å²) in [5.74, 6) is 0. The molecule has 0 amide bonds. The zero-order chi connectivity index (χ0) is 11.9. The minimum absolute atomic E-state index is 0.488. The molecular weight excluding hydrogens is 206 g/mol. The summed E-state index contributed by atoms with van der Waals surface area (Å²) in [6.07, 6.45) is 8.10. The zero-order valence-electron chi connectivity index (χ0n) is 10.8. The molecular formula is C16H23N. The first-order valence-electron chi connectivity index (χ1n) is 6.96. The largest absolute Gasteiger partial charge is 0.330 e. The van der Waals surface area contributed by atoms with Crippen molar-refractivity contribution in [3.8, 4) is 0 Å². The second-order valence-electron chi connectivity index (χ2n) is 6.30. The van der Waals surface area contributed by atoms with Crippen LogP contribution < -0.4 is 5.73 Å². The third-order valence-electron chi connectivity index (χ3n) is 5.55. The maximum absolute atomic E-state index is 5.99. The lowest BCUT2D eigenvalue weighted by atomic mass is 9.51. The van der Waals surface area contributed by atoms with Crippen LogP contribution in [0.5, 0.6) is 0 Å². The molecule has 1 nitrogen and oxygen atoms in total. The number of aryl methyl sites for hydroxylation is 1. The van der Waals surface area contributed by atoms with Crippen molar-refractivity contribution < 1.29 is 0 Å². The van der Waals surface area contributed by atoms with Crippen LogP contribution in [-0.4, -0.2) is 6.54 Å². The second kappa shape index (κ2) is 3.84. The van der Waals surface area contributed by atoms with Crippen molar-refractivity contribution in [2.24, 2.45) is 11.1 Å². The molecule has 92 valence electrons. The Kier molecular flexibility index (Phi) is 2.55. The predicted molar refractivity (Wildman–Crippen MR) is 72.0 cm³/mol. The Balaban J connectivity index is 1.93. The second-order valence-corrected chi connectivity index (χ2v) is 6.30. The summed E-state index contributed by atoms with van der Waals surface area (Å²) in [7, 11) is 0. The lowest BCUT2D eigenvalue weighted by Crippen LogP contribution is -2.47. The fourth-order valence-electron chi connectivity index (χ4n) is 4.14. The molecule has 0 spiro atoms. The van der Waals surface area contributed by atoms with Gasteiger partial charge in [0.15, 0.2) is 0 Å². The molecule has 17 heavy (non-hydrogen) atoms. The van der Waals surface area contributed by atoms with Gasteiger partial charge in [-0.25, -0.2) is 0 Å². The summed E-state index contributed by atoms with van der Waals surface area (Å²) in [5.41, 5.74) is 10.1. The molecule has 1 aromatic carbocycles. The van der Waals surface area contributed by atoms with E-state index < -0.39 is 0 Å². The van der Waals surface area contributed by atoms with Gasteiger partial charge in [-0.2, -0.15) is 0 Å². The Bertz CT molecular complexity index is 397. The highest BCUT2D eigenvalue weighted by Gasteiger charge is 2.48. The monoisotopic (exact) mass is 229 g/mol. The highest BCUT2D eigenvalue weighted by molar-refractivity contribution is 5.35. The van der Waals surface area contributed by atoms with Crippen LogP contribution in [0.2, 0.25) is 0 Å². The van der Waals surface area contributed by atoms with E-state index in [0.29, 0.717) is 10.8 Å². The van der Waals surface area contributed by atoms with E-state index in [9.17, 15) is 0 Å². The lowest BCUT2D eigenvalue weighted by Gasteiger charge is -2.54. The first-order chi connectivity index (χ1) is 8.20. The SMILES string of the molecule is Cc1ccccc1C12CCC(CN)(CC1)CC2. The van der Waals surface area contributed by atoms with Gasteiger partial charge in [0.2, 0.25) is 0 Å². The van der Waals surface area contributed by atoms with Crippen LogP contribution in [0.25, 0.3) is 0 Å². The molecule has 2 bridgehead atoms. The van der Waals surface area contributed by atoms with Crippen molar-refractivity contribution in [3.05, 3.63) is 35.4 Å². The van der Waals surface area contributed by atoms with E-state index in [4.69, 9.17) is 5.73 Å². The van der Waals surface area contributed by atoms with E-state index >= 15 is 0 Å². The van der Waals surface area contributed by atoms with Crippen LogP contribution in [0.3, 0.4) is 0 Å². The summed E-state index contributed by atoms with van der Waals surface area (Å²) >= 11 is 0. The Hall–Kier alpha value is -0.820. The molecule has 0 atom stereocenters. The summed E-state index contributed by atoms with van der Waals surface area (Å²) < 4.78 is 0. The van der Waals surface area contributed by atoms with Crippen molar-refractivity contribution in [1.82, 2.24) is 0 Å². The van der Waals surface area contributed by atoms with Gasteiger partial charge < -0.3 is 5.73 Å². The van der Waals surface area contributed by atoms with Crippen LogP contribution in [-0.2, 0) is 5.41 Å². The number of nitrogens with two attached hydrogens (primary N) is 1.